The molecule has 0 atom stereocenters. The Hall–Kier alpha value is -2.67. The lowest BCUT2D eigenvalue weighted by Gasteiger charge is -2.26. The molecular weight excluding hydrogens is 338 g/mol. The normalized spacial score (nSPS) is 13.5. The molecule has 3 aromatic rings. The highest BCUT2D eigenvalue weighted by Gasteiger charge is 2.27. The lowest BCUT2D eigenvalue weighted by atomic mass is 10.1. The van der Waals surface area contributed by atoms with E-state index in [2.05, 4.69) is 10.1 Å². The Morgan fingerprint density at radius 1 is 1.36 bits per heavy atom. The summed E-state index contributed by atoms with van der Waals surface area (Å²) in [4.78, 5) is 19.5. The van der Waals surface area contributed by atoms with Crippen molar-refractivity contribution >= 4 is 17.2 Å². The van der Waals surface area contributed by atoms with Gasteiger partial charge in [-0.05, 0) is 23.6 Å². The molecule has 1 amide bonds. The molecule has 1 aliphatic rings. The van der Waals surface area contributed by atoms with Crippen LogP contribution in [0.4, 0.5) is 0 Å². The highest BCUT2D eigenvalue weighted by molar-refractivity contribution is 7.10. The minimum absolute atomic E-state index is 0.133. The molecule has 0 aromatic carbocycles. The fourth-order valence-corrected chi connectivity index (χ4v) is 3.54. The SMILES string of the molecule is O=C(Cc1cccs1)N1CCc2onc(COc3cccnc3)c2C1. The second-order valence-corrected chi connectivity index (χ2v) is 6.86. The van der Waals surface area contributed by atoms with Crippen LogP contribution in [0.15, 0.2) is 46.6 Å². The van der Waals surface area contributed by atoms with Gasteiger partial charge in [0.1, 0.15) is 23.8 Å². The first kappa shape index (κ1) is 15.8. The lowest BCUT2D eigenvalue weighted by Crippen LogP contribution is -2.36. The van der Waals surface area contributed by atoms with E-state index < -0.39 is 0 Å². The van der Waals surface area contributed by atoms with Crippen LogP contribution in [0.1, 0.15) is 21.9 Å². The zero-order valence-corrected chi connectivity index (χ0v) is 14.4. The Morgan fingerprint density at radius 3 is 3.12 bits per heavy atom. The predicted molar refractivity (Wildman–Crippen MR) is 92.2 cm³/mol. The largest absolute Gasteiger partial charge is 0.486 e. The molecule has 7 heteroatoms. The van der Waals surface area contributed by atoms with E-state index in [9.17, 15) is 4.79 Å². The average molecular weight is 355 g/mol. The molecule has 1 aliphatic heterocycles. The van der Waals surface area contributed by atoms with Gasteiger partial charge in [-0.25, -0.2) is 0 Å². The van der Waals surface area contributed by atoms with Crippen LogP contribution in [0.25, 0.3) is 0 Å². The molecule has 4 rings (SSSR count). The van der Waals surface area contributed by atoms with Crippen molar-refractivity contribution in [1.82, 2.24) is 15.0 Å². The Kier molecular flexibility index (Phi) is 4.47. The first-order valence-electron chi connectivity index (χ1n) is 8.09. The molecule has 4 heterocycles. The Bertz CT molecular complexity index is 846. The maximum Gasteiger partial charge on any atom is 0.228 e. The number of carbonyl (C=O) groups is 1. The summed E-state index contributed by atoms with van der Waals surface area (Å²) in [6.07, 6.45) is 4.48. The molecule has 0 spiro atoms. The Morgan fingerprint density at radius 2 is 2.32 bits per heavy atom. The van der Waals surface area contributed by atoms with Crippen molar-refractivity contribution < 1.29 is 14.1 Å². The molecule has 0 bridgehead atoms. The zero-order chi connectivity index (χ0) is 17.1. The number of fused-ring (bicyclic) bond motifs is 1. The van der Waals surface area contributed by atoms with Gasteiger partial charge in [-0.1, -0.05) is 11.2 Å². The van der Waals surface area contributed by atoms with E-state index in [1.807, 2.05) is 34.5 Å². The Balaban J connectivity index is 1.43. The van der Waals surface area contributed by atoms with E-state index in [0.717, 1.165) is 21.9 Å². The standard InChI is InChI=1S/C18H17N3O3S/c22-18(9-14-4-2-8-25-14)21-7-5-17-15(11-21)16(20-24-17)12-23-13-3-1-6-19-10-13/h1-4,6,8,10H,5,7,9,11-12H2. The smallest absolute Gasteiger partial charge is 0.228 e. The number of hydrogen-bond acceptors (Lipinski definition) is 6. The number of rotatable bonds is 5. The highest BCUT2D eigenvalue weighted by atomic mass is 32.1. The minimum atomic E-state index is 0.133. The van der Waals surface area contributed by atoms with Crippen molar-refractivity contribution in [3.05, 3.63) is 63.9 Å². The molecule has 0 saturated carbocycles. The maximum atomic E-state index is 12.5. The number of hydrogen-bond donors (Lipinski definition) is 0. The van der Waals surface area contributed by atoms with Crippen LogP contribution in [0.5, 0.6) is 5.75 Å². The van der Waals surface area contributed by atoms with Crippen LogP contribution >= 0.6 is 11.3 Å². The van der Waals surface area contributed by atoms with Gasteiger partial charge in [0.2, 0.25) is 5.91 Å². The van der Waals surface area contributed by atoms with E-state index >= 15 is 0 Å². The number of ether oxygens (including phenoxy) is 1. The van der Waals surface area contributed by atoms with Crippen molar-refractivity contribution in [2.24, 2.45) is 0 Å². The van der Waals surface area contributed by atoms with Crippen molar-refractivity contribution in [2.45, 2.75) is 26.0 Å². The molecule has 25 heavy (non-hydrogen) atoms. The number of pyridine rings is 1. The van der Waals surface area contributed by atoms with Crippen molar-refractivity contribution in [1.29, 1.82) is 0 Å². The highest BCUT2D eigenvalue weighted by Crippen LogP contribution is 2.24. The minimum Gasteiger partial charge on any atom is -0.486 e. The van der Waals surface area contributed by atoms with E-state index in [1.165, 1.54) is 0 Å². The summed E-state index contributed by atoms with van der Waals surface area (Å²) >= 11 is 1.61. The summed E-state index contributed by atoms with van der Waals surface area (Å²) in [5.41, 5.74) is 1.71. The second-order valence-electron chi connectivity index (χ2n) is 5.83. The molecule has 0 unspecified atom stereocenters. The van der Waals surface area contributed by atoms with Crippen LogP contribution in [-0.2, 0) is 30.8 Å². The van der Waals surface area contributed by atoms with Gasteiger partial charge in [0.05, 0.1) is 19.2 Å². The maximum absolute atomic E-state index is 12.5. The van der Waals surface area contributed by atoms with E-state index in [1.54, 1.807) is 23.7 Å². The Labute approximate surface area is 149 Å². The van der Waals surface area contributed by atoms with E-state index in [-0.39, 0.29) is 5.91 Å². The van der Waals surface area contributed by atoms with Gasteiger partial charge in [-0.3, -0.25) is 9.78 Å². The van der Waals surface area contributed by atoms with Crippen molar-refractivity contribution in [3.63, 3.8) is 0 Å². The summed E-state index contributed by atoms with van der Waals surface area (Å²) < 4.78 is 11.1. The van der Waals surface area contributed by atoms with Gasteiger partial charge < -0.3 is 14.2 Å². The fraction of sp³-hybridized carbons (Fsp3) is 0.278. The molecule has 128 valence electrons. The van der Waals surface area contributed by atoms with Gasteiger partial charge in [0.25, 0.3) is 0 Å². The molecule has 0 radical (unpaired) electrons. The van der Waals surface area contributed by atoms with E-state index in [0.29, 0.717) is 38.3 Å². The summed E-state index contributed by atoms with van der Waals surface area (Å²) in [6, 6.07) is 7.62. The van der Waals surface area contributed by atoms with Crippen LogP contribution in [0.2, 0.25) is 0 Å². The fourth-order valence-electron chi connectivity index (χ4n) is 2.85. The molecule has 6 nitrogen and oxygen atoms in total. The number of nitrogens with zero attached hydrogens (tertiary/aromatic N) is 3. The third-order valence-corrected chi connectivity index (χ3v) is 5.05. The summed E-state index contributed by atoms with van der Waals surface area (Å²) in [7, 11) is 0. The van der Waals surface area contributed by atoms with Crippen LogP contribution in [0, 0.1) is 0 Å². The average Bonchev–Trinajstić information content (AvgIpc) is 3.30. The molecule has 3 aromatic heterocycles. The molecule has 0 aliphatic carbocycles. The van der Waals surface area contributed by atoms with Gasteiger partial charge in [0.15, 0.2) is 0 Å². The summed E-state index contributed by atoms with van der Waals surface area (Å²) in [6.45, 7) is 1.49. The second kappa shape index (κ2) is 7.06. The number of carbonyl (C=O) groups excluding carboxylic acids is 1. The van der Waals surface area contributed by atoms with Crippen molar-refractivity contribution in [3.8, 4) is 5.75 Å². The van der Waals surface area contributed by atoms with Gasteiger partial charge in [-0.15, -0.1) is 11.3 Å². The first-order chi connectivity index (χ1) is 12.3. The van der Waals surface area contributed by atoms with E-state index in [4.69, 9.17) is 9.26 Å². The zero-order valence-electron chi connectivity index (χ0n) is 13.6. The van der Waals surface area contributed by atoms with Gasteiger partial charge in [-0.2, -0.15) is 0 Å². The third kappa shape index (κ3) is 3.56. The summed E-state index contributed by atoms with van der Waals surface area (Å²) in [5, 5.41) is 6.12. The lowest BCUT2D eigenvalue weighted by molar-refractivity contribution is -0.131. The molecule has 0 N–H and O–H groups in total. The van der Waals surface area contributed by atoms with Crippen LogP contribution in [-0.4, -0.2) is 27.5 Å². The number of aromatic nitrogens is 2. The van der Waals surface area contributed by atoms with Crippen LogP contribution < -0.4 is 4.74 Å². The predicted octanol–water partition coefficient (Wildman–Crippen LogP) is 2.84. The van der Waals surface area contributed by atoms with Crippen molar-refractivity contribution in [2.75, 3.05) is 6.54 Å². The van der Waals surface area contributed by atoms with Crippen LogP contribution in [0.3, 0.4) is 0 Å². The quantitative estimate of drug-likeness (QED) is 0.704. The first-order valence-corrected chi connectivity index (χ1v) is 8.97. The molecule has 0 fully saturated rings. The van der Waals surface area contributed by atoms with Gasteiger partial charge in [0, 0.05) is 29.6 Å². The number of amides is 1. The monoisotopic (exact) mass is 355 g/mol. The van der Waals surface area contributed by atoms with Gasteiger partial charge >= 0.3 is 0 Å². The molecular formula is C18H17N3O3S. The molecule has 0 saturated heterocycles. The summed E-state index contributed by atoms with van der Waals surface area (Å²) in [5.74, 6) is 1.67. The third-order valence-electron chi connectivity index (χ3n) is 4.18. The topological polar surface area (TPSA) is 68.5 Å². The number of thiophene rings is 1.